The van der Waals surface area contributed by atoms with Crippen molar-refractivity contribution in [3.8, 4) is 0 Å². The van der Waals surface area contributed by atoms with Crippen LogP contribution >= 0.6 is 11.6 Å². The van der Waals surface area contributed by atoms with Crippen molar-refractivity contribution in [2.24, 2.45) is 0 Å². The Bertz CT molecular complexity index is 576. The van der Waals surface area contributed by atoms with Gasteiger partial charge >= 0.3 is 0 Å². The molecular formula is C12H19ClN2O3S. The van der Waals surface area contributed by atoms with E-state index in [1.165, 1.54) is 0 Å². The number of aromatic nitrogens is 1. The number of aryl methyl sites for hydroxylation is 1. The minimum atomic E-state index is -3.19. The molecule has 7 heteroatoms. The lowest BCUT2D eigenvalue weighted by molar-refractivity contribution is 0.0991. The van der Waals surface area contributed by atoms with E-state index in [9.17, 15) is 13.2 Å². The first-order valence-electron chi connectivity index (χ1n) is 5.93. The highest BCUT2D eigenvalue weighted by molar-refractivity contribution is 7.88. The van der Waals surface area contributed by atoms with E-state index in [4.69, 9.17) is 11.6 Å². The van der Waals surface area contributed by atoms with Gasteiger partial charge in [0.2, 0.25) is 10.0 Å². The summed E-state index contributed by atoms with van der Waals surface area (Å²) >= 11 is 5.81. The average molecular weight is 307 g/mol. The van der Waals surface area contributed by atoms with Crippen LogP contribution in [-0.2, 0) is 16.6 Å². The quantitative estimate of drug-likeness (QED) is 0.639. The number of carbonyl (C=O) groups is 1. The normalized spacial score (nSPS) is 13.5. The number of nitrogens with one attached hydrogen (secondary N) is 1. The molecule has 1 N–H and O–H groups in total. The molecule has 0 saturated carbocycles. The van der Waals surface area contributed by atoms with E-state index in [1.54, 1.807) is 13.0 Å². The highest BCUT2D eigenvalue weighted by Gasteiger charge is 2.19. The highest BCUT2D eigenvalue weighted by atomic mass is 35.5. The third-order valence-corrected chi connectivity index (χ3v) is 3.83. The SMILES string of the molecule is Cc1cc(C(=O)C(C)Cl)c(C)n1CCNS(C)(=O)=O. The van der Waals surface area contributed by atoms with Gasteiger partial charge in [-0.25, -0.2) is 13.1 Å². The Balaban J connectivity index is 2.89. The van der Waals surface area contributed by atoms with Crippen molar-refractivity contribution in [1.82, 2.24) is 9.29 Å². The Morgan fingerprint density at radius 1 is 1.47 bits per heavy atom. The van der Waals surface area contributed by atoms with Crippen LogP contribution in [0.25, 0.3) is 0 Å². The molecule has 0 aliphatic heterocycles. The Kier molecular flexibility index (Phi) is 5.18. The molecule has 1 aromatic heterocycles. The third-order valence-electron chi connectivity index (χ3n) is 2.90. The molecule has 1 unspecified atom stereocenters. The molecule has 0 amide bonds. The maximum Gasteiger partial charge on any atom is 0.208 e. The van der Waals surface area contributed by atoms with Crippen LogP contribution in [0, 0.1) is 13.8 Å². The molecule has 1 rings (SSSR count). The number of hydrogen-bond donors (Lipinski definition) is 1. The molecule has 1 atom stereocenters. The predicted molar refractivity (Wildman–Crippen MR) is 76.4 cm³/mol. The second kappa shape index (κ2) is 6.07. The molecule has 0 aromatic carbocycles. The zero-order valence-corrected chi connectivity index (χ0v) is 13.1. The number of alkyl halides is 1. The first-order chi connectivity index (χ1) is 8.63. The van der Waals surface area contributed by atoms with Gasteiger partial charge in [0, 0.05) is 30.0 Å². The maximum atomic E-state index is 11.9. The first-order valence-corrected chi connectivity index (χ1v) is 8.26. The zero-order chi connectivity index (χ0) is 14.8. The van der Waals surface area contributed by atoms with E-state index in [-0.39, 0.29) is 5.78 Å². The van der Waals surface area contributed by atoms with Gasteiger partial charge in [0.15, 0.2) is 5.78 Å². The fraction of sp³-hybridized carbons (Fsp3) is 0.583. The molecule has 0 fully saturated rings. The van der Waals surface area contributed by atoms with E-state index in [2.05, 4.69) is 4.72 Å². The summed E-state index contributed by atoms with van der Waals surface area (Å²) in [6.45, 7) is 6.12. The Hall–Kier alpha value is -0.850. The van der Waals surface area contributed by atoms with E-state index in [0.717, 1.165) is 17.6 Å². The summed E-state index contributed by atoms with van der Waals surface area (Å²) in [5.41, 5.74) is 2.32. The number of nitrogens with zero attached hydrogens (tertiary/aromatic N) is 1. The largest absolute Gasteiger partial charge is 0.347 e. The highest BCUT2D eigenvalue weighted by Crippen LogP contribution is 2.18. The summed E-state index contributed by atoms with van der Waals surface area (Å²) in [6.07, 6.45) is 1.12. The lowest BCUT2D eigenvalue weighted by Gasteiger charge is -2.10. The molecule has 0 aliphatic rings. The topological polar surface area (TPSA) is 68.2 Å². The van der Waals surface area contributed by atoms with Gasteiger partial charge in [-0.2, -0.15) is 0 Å². The Morgan fingerprint density at radius 3 is 2.53 bits per heavy atom. The van der Waals surface area contributed by atoms with Gasteiger partial charge in [-0.3, -0.25) is 4.79 Å². The van der Waals surface area contributed by atoms with Crippen molar-refractivity contribution in [2.45, 2.75) is 32.7 Å². The van der Waals surface area contributed by atoms with Crippen LogP contribution in [0.1, 0.15) is 28.7 Å². The summed E-state index contributed by atoms with van der Waals surface area (Å²) in [5, 5.41) is -0.567. The molecule has 1 aromatic rings. The third kappa shape index (κ3) is 4.33. The van der Waals surface area contributed by atoms with Crippen molar-refractivity contribution >= 4 is 27.4 Å². The molecule has 0 aliphatic carbocycles. The summed E-state index contributed by atoms with van der Waals surface area (Å²) in [5.74, 6) is -0.114. The second-order valence-electron chi connectivity index (χ2n) is 4.58. The molecule has 108 valence electrons. The number of carbonyl (C=O) groups excluding carboxylic acids is 1. The molecule has 1 heterocycles. The van der Waals surface area contributed by atoms with Crippen molar-refractivity contribution in [1.29, 1.82) is 0 Å². The smallest absolute Gasteiger partial charge is 0.208 e. The van der Waals surface area contributed by atoms with Gasteiger partial charge < -0.3 is 4.57 Å². The number of Topliss-reactive ketones (excluding diaryl/α,β-unsaturated/α-hetero) is 1. The van der Waals surface area contributed by atoms with Crippen molar-refractivity contribution < 1.29 is 13.2 Å². The predicted octanol–water partition coefficient (Wildman–Crippen LogP) is 1.46. The van der Waals surface area contributed by atoms with Crippen molar-refractivity contribution in [3.63, 3.8) is 0 Å². The minimum Gasteiger partial charge on any atom is -0.347 e. The zero-order valence-electron chi connectivity index (χ0n) is 11.5. The molecule has 0 bridgehead atoms. The second-order valence-corrected chi connectivity index (χ2v) is 7.07. The summed E-state index contributed by atoms with van der Waals surface area (Å²) in [4.78, 5) is 11.9. The van der Waals surface area contributed by atoms with Crippen LogP contribution in [0.4, 0.5) is 0 Å². The van der Waals surface area contributed by atoms with Crippen molar-refractivity contribution in [2.75, 3.05) is 12.8 Å². The fourth-order valence-corrected chi connectivity index (χ4v) is 2.53. The average Bonchev–Trinajstić information content (AvgIpc) is 2.53. The Labute approximate surface area is 119 Å². The standard InChI is InChI=1S/C12H19ClN2O3S/c1-8-7-11(12(16)9(2)13)10(3)15(8)6-5-14-19(4,17)18/h7,9,14H,5-6H2,1-4H3. The summed E-state index contributed by atoms with van der Waals surface area (Å²) < 4.78 is 26.3. The van der Waals surface area contributed by atoms with Gasteiger partial charge in [0.1, 0.15) is 0 Å². The summed E-state index contributed by atoms with van der Waals surface area (Å²) in [6, 6.07) is 1.79. The molecule has 0 saturated heterocycles. The van der Waals surface area contributed by atoms with Crippen LogP contribution in [0.5, 0.6) is 0 Å². The number of ketones is 1. The van der Waals surface area contributed by atoms with Crippen LogP contribution in [0.3, 0.4) is 0 Å². The van der Waals surface area contributed by atoms with Crippen LogP contribution < -0.4 is 4.72 Å². The van der Waals surface area contributed by atoms with Gasteiger partial charge in [-0.05, 0) is 26.8 Å². The van der Waals surface area contributed by atoms with Gasteiger partial charge in [0.25, 0.3) is 0 Å². The first kappa shape index (κ1) is 16.2. The number of rotatable bonds is 6. The van der Waals surface area contributed by atoms with Gasteiger partial charge in [-0.15, -0.1) is 11.6 Å². The monoisotopic (exact) mass is 306 g/mol. The Morgan fingerprint density at radius 2 is 2.05 bits per heavy atom. The van der Waals surface area contributed by atoms with Gasteiger partial charge in [0.05, 0.1) is 11.6 Å². The van der Waals surface area contributed by atoms with Crippen LogP contribution in [-0.4, -0.2) is 36.9 Å². The molecule has 5 nitrogen and oxygen atoms in total. The maximum absolute atomic E-state index is 11.9. The van der Waals surface area contributed by atoms with E-state index in [1.807, 2.05) is 18.4 Å². The van der Waals surface area contributed by atoms with E-state index in [0.29, 0.717) is 18.7 Å². The lowest BCUT2D eigenvalue weighted by atomic mass is 10.1. The van der Waals surface area contributed by atoms with E-state index >= 15 is 0 Å². The minimum absolute atomic E-state index is 0.114. The number of halogens is 1. The molecule has 0 radical (unpaired) electrons. The molecule has 19 heavy (non-hydrogen) atoms. The lowest BCUT2D eigenvalue weighted by Crippen LogP contribution is -2.26. The molecular weight excluding hydrogens is 288 g/mol. The van der Waals surface area contributed by atoms with Crippen LogP contribution in [0.2, 0.25) is 0 Å². The summed E-state index contributed by atoms with van der Waals surface area (Å²) in [7, 11) is -3.19. The number of sulfonamides is 1. The fourth-order valence-electron chi connectivity index (χ4n) is 1.95. The van der Waals surface area contributed by atoms with Crippen molar-refractivity contribution in [3.05, 3.63) is 23.0 Å². The molecule has 0 spiro atoms. The van der Waals surface area contributed by atoms with Gasteiger partial charge in [-0.1, -0.05) is 0 Å². The number of hydrogen-bond acceptors (Lipinski definition) is 3. The van der Waals surface area contributed by atoms with E-state index < -0.39 is 15.4 Å². The van der Waals surface area contributed by atoms with Crippen LogP contribution in [0.15, 0.2) is 6.07 Å².